The normalized spacial score (nSPS) is 5.36. The summed E-state index contributed by atoms with van der Waals surface area (Å²) in [6.07, 6.45) is 21.7. The molecule has 6 rings (SSSR count). The second-order valence-corrected chi connectivity index (χ2v) is 10.8. The first-order chi connectivity index (χ1) is 39.4. The van der Waals surface area contributed by atoms with Crippen molar-refractivity contribution < 1.29 is 923 Å². The minimum atomic E-state index is 0. The molecule has 0 amide bonds. The van der Waals surface area contributed by atoms with Crippen LogP contribution in [0, 0.1) is 0 Å². The van der Waals surface area contributed by atoms with Crippen molar-refractivity contribution in [1.29, 1.82) is 4.01 Å². The van der Waals surface area contributed by atoms with Gasteiger partial charge in [-0.05, 0) is 4.01 Å². The molecule has 0 aliphatic carbocycles. The number of rotatable bonds is 0. The Morgan fingerprint density at radius 2 is 0.276 bits per heavy atom. The Morgan fingerprint density at radius 1 is 0.233 bits per heavy atom. The Hall–Kier alpha value is 30.1. The zero-order valence-electron chi connectivity index (χ0n) is 79.4. The molecule has 3 radical (unpaired) electrons. The van der Waals surface area contributed by atoms with Crippen molar-refractivity contribution in [2.24, 2.45) is 0 Å². The largest absolute Gasteiger partial charge is 0.937 e. The molecule has 477 valence electrons. The van der Waals surface area contributed by atoms with E-state index < -0.39 is 0 Å². The molecule has 0 aromatic heterocycles. The van der Waals surface area contributed by atoms with Gasteiger partial charge in [0.2, 0.25) is 0 Å². The predicted octanol–water partition coefficient (Wildman–Crippen LogP) is -86.4. The van der Waals surface area contributed by atoms with Crippen LogP contribution in [0.2, 0.25) is 20.5 Å². The zero-order chi connectivity index (χ0) is 64.5. The van der Waals surface area contributed by atoms with Gasteiger partial charge in [0.05, 0.1) is 23.4 Å². The molecule has 116 heavy (non-hydrogen) atoms. The summed E-state index contributed by atoms with van der Waals surface area (Å²) in [5.41, 5.74) is 0. The number of benzene rings is 6. The van der Waals surface area contributed by atoms with Crippen molar-refractivity contribution in [2.75, 3.05) is 0 Å². The van der Waals surface area contributed by atoms with Gasteiger partial charge in [-0.3, -0.25) is 0 Å². The Labute approximate surface area is 1510 Å². The van der Waals surface area contributed by atoms with Crippen LogP contribution < -0.4 is 920 Å². The molecule has 0 fully saturated rings. The Bertz CT molecular complexity index is 2340. The summed E-state index contributed by atoms with van der Waals surface area (Å²) in [5.74, 6) is 0. The molecule has 6 aromatic rings. The van der Waals surface area contributed by atoms with Crippen molar-refractivity contribution in [3.8, 4) is 0 Å². The summed E-state index contributed by atoms with van der Waals surface area (Å²) in [6, 6.07) is 37.5. The SMILES string of the molecule is C.C.C.C[C-]=c1ccc(=[C-][O-])cc1.[2H][B]C.[2H][B]C.[2H][B]C.[K+].[K+].[K+].[K+].[K+].[K+].[K+].[K+].[K+].[K][K].[K][K].[Li+].[Li+].[Li+].[Li+].[Li+].[Li+].[Li+].[Li][Li].[Li][Li].[Na+].[Na+].[Na+].[Na+].[Na+].[Na+].[Na+].[Na][Na].[Na][Na].[O-][C-]=c1ccc(=[C-][O-])cc1.[O-][C-]=c1ccc(=[C-][O-])cc1.[O-][C-]=c1ccc(=[C-][O-])cc1.[O-][C-]=c1ccc(=[C-][O-])cc1.[O-][C-]=c1ccc(=[C-][O-])cc1.[OH-].[OH-].[OH-].[OH-].[OH-].[OH-].[OH-].[OH-].[OH-].[OH-].[OH-].[OH-]. The van der Waals surface area contributed by atoms with Gasteiger partial charge in [0.1, 0.15) is 0 Å². The van der Waals surface area contributed by atoms with E-state index in [1.54, 1.807) is 101 Å². The van der Waals surface area contributed by atoms with Crippen molar-refractivity contribution in [2.45, 2.75) is 49.7 Å². The summed E-state index contributed by atoms with van der Waals surface area (Å²) < 4.78 is 18.2. The number of hydrogen-bond donors (Lipinski definition) is 0. The zero-order valence-corrected chi connectivity index (χ0v) is 139. The molecule has 0 aliphatic heterocycles. The predicted molar refractivity (Wildman–Crippen MR) is 352 cm³/mol. The fourth-order valence-electron chi connectivity index (χ4n) is 3.74. The second-order valence-electron chi connectivity index (χ2n) is 10.8. The second kappa shape index (κ2) is 289. The van der Waals surface area contributed by atoms with E-state index in [9.17, 15) is 56.2 Å². The van der Waals surface area contributed by atoms with Gasteiger partial charge >= 0.3 is 1080 Å². The topological polar surface area (TPSA) is 614 Å². The van der Waals surface area contributed by atoms with E-state index in [0.29, 0.717) is 57.4 Å². The first-order valence-corrected chi connectivity index (χ1v) is 72.4. The van der Waals surface area contributed by atoms with Gasteiger partial charge in [0.15, 0.2) is 0 Å². The molecule has 23 nitrogen and oxygen atoms in total. The third-order valence-electron chi connectivity index (χ3n) is 6.89. The van der Waals surface area contributed by atoms with Crippen LogP contribution in [0.15, 0.2) is 146 Å². The third-order valence-corrected chi connectivity index (χ3v) is 6.89. The van der Waals surface area contributed by atoms with Gasteiger partial charge in [0.25, 0.3) is 0 Å². The maximum Gasteiger partial charge on any atom is -0.222 e. The fraction of sp³-hybridized carbons (Fsp3) is 0.127. The van der Waals surface area contributed by atoms with Crippen LogP contribution in [-0.4, -0.2) is 368 Å². The van der Waals surface area contributed by atoms with Crippen LogP contribution >= 0.6 is 0 Å². The maximum absolute atomic E-state index is 10.1. The summed E-state index contributed by atoms with van der Waals surface area (Å²) in [6.45, 7) is 6.83. The van der Waals surface area contributed by atoms with E-state index in [4.69, 9.17) is 4.01 Å². The number of hydrogen-bond acceptors (Lipinski definition) is 23. The molecule has 0 saturated carbocycles. The third kappa shape index (κ3) is 227. The first kappa shape index (κ1) is 295. The monoisotopic (exact) mass is 1960 g/mol. The fourth-order valence-corrected chi connectivity index (χ4v) is 3.74. The van der Waals surface area contributed by atoms with E-state index in [0.717, 1.165) is 5.22 Å². The Morgan fingerprint density at radius 3 is 0.310 bits per heavy atom. The van der Waals surface area contributed by atoms with Crippen LogP contribution in [-0.2, 0) is 0 Å². The van der Waals surface area contributed by atoms with E-state index >= 15 is 0 Å². The average Bonchev–Trinajstić information content (AvgIpc) is 3.57. The van der Waals surface area contributed by atoms with Crippen molar-refractivity contribution in [3.05, 3.63) is 208 Å². The van der Waals surface area contributed by atoms with Gasteiger partial charge in [-0.15, -0.1) is 0 Å². The molecule has 0 bridgehead atoms. The van der Waals surface area contributed by atoms with Crippen molar-refractivity contribution in [1.82, 2.24) is 0 Å². The molecular formula is C55H63B3K13Li11Na11O23-12. The van der Waals surface area contributed by atoms with Crippen LogP contribution in [0.1, 0.15) is 29.2 Å². The van der Waals surface area contributed by atoms with Crippen molar-refractivity contribution >= 4 is 373 Å². The average molecular weight is 1970 g/mol. The summed E-state index contributed by atoms with van der Waals surface area (Å²) in [7, 11) is 3.75. The van der Waals surface area contributed by atoms with Gasteiger partial charge in [-0.1, -0.05) is 49.7 Å². The van der Waals surface area contributed by atoms with E-state index in [1.165, 1.54) is 358 Å². The summed E-state index contributed by atoms with van der Waals surface area (Å²) in [5, 5.41) is 116. The van der Waals surface area contributed by atoms with Crippen LogP contribution in [0.3, 0.4) is 0 Å². The Kier molecular flexibility index (Phi) is 735. The van der Waals surface area contributed by atoms with Crippen LogP contribution in [0.25, 0.3) is 75.0 Å². The minimum Gasteiger partial charge on any atom is -0.937 e. The molecule has 0 unspecified atom stereocenters. The Balaban J connectivity index is -0.0000000105. The van der Waals surface area contributed by atoms with Crippen molar-refractivity contribution in [3.63, 3.8) is 0 Å². The molecule has 12 N–H and O–H groups in total. The van der Waals surface area contributed by atoms with E-state index in [2.05, 4.69) is 6.08 Å². The van der Waals surface area contributed by atoms with E-state index in [-0.39, 0.29) is 889 Å². The molecule has 61 heteroatoms. The maximum atomic E-state index is 10.1. The van der Waals surface area contributed by atoms with E-state index in [1.807, 2.05) is 80.6 Å². The molecule has 0 spiro atoms. The molecule has 0 aliphatic rings. The summed E-state index contributed by atoms with van der Waals surface area (Å²) in [4.78, 5) is 0. The van der Waals surface area contributed by atoms with Gasteiger partial charge < -0.3 is 191 Å². The van der Waals surface area contributed by atoms with Gasteiger partial charge in [-0.2, -0.15) is 0 Å². The molecule has 0 heterocycles. The van der Waals surface area contributed by atoms with Crippen LogP contribution in [0.4, 0.5) is 0 Å². The molecule has 6 aromatic carbocycles. The smallest absolute Gasteiger partial charge is 0.222 e. The summed E-state index contributed by atoms with van der Waals surface area (Å²) >= 11 is 18.8. The van der Waals surface area contributed by atoms with Crippen LogP contribution in [0.5, 0.6) is 0 Å². The quantitative estimate of drug-likeness (QED) is 0.101. The minimum absolute atomic E-state index is 0. The molecule has 0 saturated heterocycles. The molecule has 0 atom stereocenters. The van der Waals surface area contributed by atoms with Gasteiger partial charge in [-0.25, -0.2) is 214 Å². The first-order valence-electron chi connectivity index (χ1n) is 26.1. The standard InChI is InChI=1S/C9H7O.5C8H4O2.3CH4B.3CH4.13K.11Li.11Na.12H2O/c1-2-8-3-5-9(7-10)6-4-8;5*9-5-7-1-2-8(6-10)4-3-7;3*1-2;;;;;;;;;;;;;;;;;;;;;;;;;;;;;;;;;;;;;;;;;;;;;;;;;;/h3-6H,1H3;5*1-4H;3*2H,1H3;3*1H4;;;;;;;;;;;;;;;;;;;;;;;;;;;;;;;;;;;;12*1H2/q-3;5*-4;;;;;;;;;;;9*+1;;;;;7*+1;;;;;7*+1;;;;;;;;;;;;/p-12/i;;;;;;3*2D;;;;;;;;;;;;;;;;;;;;;;;;;;;;;;;;;;;;;;;;;;;;;;;;;;. The molecular weight excluding hydrogens is 1900 g/mol. The van der Waals surface area contributed by atoms with Gasteiger partial charge in [0, 0.05) is 0 Å².